The van der Waals surface area contributed by atoms with Crippen molar-refractivity contribution in [3.63, 3.8) is 0 Å². The second kappa shape index (κ2) is 9.36. The van der Waals surface area contributed by atoms with Crippen molar-refractivity contribution in [3.05, 3.63) is 93.3 Å². The molecule has 0 aliphatic heterocycles. The maximum absolute atomic E-state index is 12.2. The van der Waals surface area contributed by atoms with Gasteiger partial charge in [-0.3, -0.25) is 0 Å². The third-order valence-electron chi connectivity index (χ3n) is 7.43. The van der Waals surface area contributed by atoms with Crippen molar-refractivity contribution in [2.75, 3.05) is 0 Å². The van der Waals surface area contributed by atoms with Gasteiger partial charge in [0.2, 0.25) is 0 Å². The number of fused-ring (bicyclic) bond motifs is 2. The Morgan fingerprint density at radius 3 is 1.51 bits per heavy atom. The van der Waals surface area contributed by atoms with Crippen molar-refractivity contribution in [2.24, 2.45) is 11.8 Å². The number of aliphatic carboxylic acids is 2. The summed E-state index contributed by atoms with van der Waals surface area (Å²) in [6.45, 7) is 7.94. The summed E-state index contributed by atoms with van der Waals surface area (Å²) in [6.07, 6.45) is 5.46. The molecule has 37 heavy (non-hydrogen) atoms. The molecule has 4 atom stereocenters. The van der Waals surface area contributed by atoms with Crippen LogP contribution in [-0.2, 0) is 9.59 Å². The smallest absolute Gasteiger partial charge is 0.335 e. The van der Waals surface area contributed by atoms with E-state index in [4.69, 9.17) is 0 Å². The van der Waals surface area contributed by atoms with Crippen LogP contribution in [0.15, 0.2) is 71.1 Å². The minimum Gasteiger partial charge on any atom is -0.478 e. The molecular weight excluding hydrogens is 541 g/mol. The first-order valence-corrected chi connectivity index (χ1v) is 15.2. The minimum absolute atomic E-state index is 0.0252. The van der Waals surface area contributed by atoms with Crippen molar-refractivity contribution < 1.29 is 19.8 Å². The number of hydrogen-bond donors (Lipinski definition) is 2. The van der Waals surface area contributed by atoms with Crippen LogP contribution in [-0.4, -0.2) is 22.2 Å². The van der Waals surface area contributed by atoms with Crippen LogP contribution in [0, 0.1) is 11.8 Å². The maximum Gasteiger partial charge on any atom is 0.335 e. The molecule has 1 saturated carbocycles. The van der Waals surface area contributed by atoms with E-state index in [1.165, 1.54) is 0 Å². The largest absolute Gasteiger partial charge is 0.478 e. The number of thiophene rings is 4. The van der Waals surface area contributed by atoms with E-state index >= 15 is 0 Å². The summed E-state index contributed by atoms with van der Waals surface area (Å²) < 4.78 is 0. The lowest BCUT2D eigenvalue weighted by Crippen LogP contribution is -2.18. The van der Waals surface area contributed by atoms with E-state index in [0.717, 1.165) is 37.1 Å². The Hall–Kier alpha value is -3.04. The van der Waals surface area contributed by atoms with E-state index in [1.807, 2.05) is 35.0 Å². The molecule has 4 aromatic rings. The molecule has 2 bridgehead atoms. The Morgan fingerprint density at radius 1 is 0.730 bits per heavy atom. The summed E-state index contributed by atoms with van der Waals surface area (Å²) >= 11 is 6.30. The molecule has 2 aliphatic carbocycles. The van der Waals surface area contributed by atoms with Crippen LogP contribution >= 0.6 is 45.3 Å². The lowest BCUT2D eigenvalue weighted by Gasteiger charge is -2.30. The molecule has 0 saturated heterocycles. The van der Waals surface area contributed by atoms with Gasteiger partial charge < -0.3 is 10.2 Å². The number of carboxylic acids is 2. The number of allylic oxidation sites excluding steroid dienone is 2. The van der Waals surface area contributed by atoms with Crippen LogP contribution in [0.5, 0.6) is 0 Å². The van der Waals surface area contributed by atoms with Crippen molar-refractivity contribution in [1.29, 1.82) is 0 Å². The van der Waals surface area contributed by atoms with Gasteiger partial charge in [-0.05, 0) is 74.9 Å². The molecule has 8 heteroatoms. The Kier molecular flexibility index (Phi) is 6.15. The topological polar surface area (TPSA) is 74.6 Å². The van der Waals surface area contributed by atoms with Crippen molar-refractivity contribution in [2.45, 2.75) is 18.3 Å². The van der Waals surface area contributed by atoms with Gasteiger partial charge in [0.25, 0.3) is 0 Å². The standard InChI is InChI=1S/C29H22O4S4/c1-14(28(30)31)22-18(12-36-26(22)20-5-3-9-34-20)24-16-7-8-17(11-16)25(24)19-13-37-27(21-6-4-10-35-21)23(19)15(2)29(32)33/h3-10,12-13,16-17,24-25H,1-2,11H2,(H,30,31)(H,32,33). The second-order valence-electron chi connectivity index (χ2n) is 9.31. The molecule has 4 aromatic heterocycles. The number of carbonyl (C=O) groups is 2. The quantitative estimate of drug-likeness (QED) is 0.167. The van der Waals surface area contributed by atoms with Crippen LogP contribution in [0.1, 0.15) is 40.5 Å². The Balaban J connectivity index is 1.54. The average molecular weight is 563 g/mol. The third kappa shape index (κ3) is 3.90. The van der Waals surface area contributed by atoms with E-state index < -0.39 is 11.9 Å². The molecule has 4 unspecified atom stereocenters. The Bertz CT molecular complexity index is 1450. The van der Waals surface area contributed by atoms with Gasteiger partial charge in [0, 0.05) is 20.9 Å². The van der Waals surface area contributed by atoms with E-state index in [9.17, 15) is 19.8 Å². The summed E-state index contributed by atoms with van der Waals surface area (Å²) in [7, 11) is 0. The Morgan fingerprint density at radius 2 is 1.16 bits per heavy atom. The van der Waals surface area contributed by atoms with E-state index in [2.05, 4.69) is 36.1 Å². The monoisotopic (exact) mass is 562 g/mol. The molecule has 0 spiro atoms. The molecule has 0 radical (unpaired) electrons. The predicted molar refractivity (Wildman–Crippen MR) is 155 cm³/mol. The summed E-state index contributed by atoms with van der Waals surface area (Å²) in [5.74, 6) is -1.50. The van der Waals surface area contributed by atoms with Gasteiger partial charge in [0.05, 0.1) is 20.9 Å². The van der Waals surface area contributed by atoms with E-state index in [-0.39, 0.29) is 34.8 Å². The summed E-state index contributed by atoms with van der Waals surface area (Å²) in [4.78, 5) is 28.3. The van der Waals surface area contributed by atoms with Gasteiger partial charge in [-0.25, -0.2) is 9.59 Å². The SMILES string of the molecule is C=C(C(=O)O)c1c(C2C3C=CC(C3)C2c2csc(-c3cccs3)c2C(=C)C(=O)O)csc1-c1cccs1. The summed E-state index contributed by atoms with van der Waals surface area (Å²) in [6, 6.07) is 7.96. The van der Waals surface area contributed by atoms with Gasteiger partial charge in [-0.1, -0.05) is 37.4 Å². The first-order chi connectivity index (χ1) is 17.9. The van der Waals surface area contributed by atoms with Crippen LogP contribution in [0.25, 0.3) is 30.7 Å². The summed E-state index contributed by atoms with van der Waals surface area (Å²) in [5, 5.41) is 28.1. The molecular formula is C29H22O4S4. The van der Waals surface area contributed by atoms with Crippen LogP contribution < -0.4 is 0 Å². The first kappa shape index (κ1) is 24.3. The fourth-order valence-electron chi connectivity index (χ4n) is 5.92. The first-order valence-electron chi connectivity index (χ1n) is 11.7. The highest BCUT2D eigenvalue weighted by Crippen LogP contribution is 2.62. The lowest BCUT2D eigenvalue weighted by atomic mass is 9.73. The van der Waals surface area contributed by atoms with Crippen LogP contribution in [0.4, 0.5) is 0 Å². The number of hydrogen-bond acceptors (Lipinski definition) is 6. The highest BCUT2D eigenvalue weighted by atomic mass is 32.1. The molecule has 0 aromatic carbocycles. The molecule has 1 fully saturated rings. The van der Waals surface area contributed by atoms with Gasteiger partial charge in [-0.2, -0.15) is 0 Å². The predicted octanol–water partition coefficient (Wildman–Crippen LogP) is 8.54. The maximum atomic E-state index is 12.2. The second-order valence-corrected chi connectivity index (χ2v) is 13.0. The molecule has 6 rings (SSSR count). The van der Waals surface area contributed by atoms with Gasteiger partial charge in [-0.15, -0.1) is 45.3 Å². The van der Waals surface area contributed by atoms with Crippen LogP contribution in [0.3, 0.4) is 0 Å². The summed E-state index contributed by atoms with van der Waals surface area (Å²) in [5.41, 5.74) is 3.62. The lowest BCUT2D eigenvalue weighted by molar-refractivity contribution is -0.131. The third-order valence-corrected chi connectivity index (χ3v) is 11.5. The number of rotatable bonds is 8. The fraction of sp³-hybridized carbons (Fsp3) is 0.172. The van der Waals surface area contributed by atoms with Crippen molar-refractivity contribution >= 4 is 68.4 Å². The Labute approximate surface area is 230 Å². The molecule has 0 amide bonds. The highest BCUT2D eigenvalue weighted by Gasteiger charge is 2.49. The average Bonchev–Trinajstić information content (AvgIpc) is 3.71. The van der Waals surface area contributed by atoms with E-state index in [0.29, 0.717) is 11.1 Å². The highest BCUT2D eigenvalue weighted by molar-refractivity contribution is 7.21. The molecule has 4 nitrogen and oxygen atoms in total. The zero-order chi connectivity index (χ0) is 25.8. The van der Waals surface area contributed by atoms with Gasteiger partial charge in [0.1, 0.15) is 0 Å². The molecule has 2 aliphatic rings. The normalized spacial score (nSPS) is 21.9. The molecule has 186 valence electrons. The van der Waals surface area contributed by atoms with Gasteiger partial charge in [0.15, 0.2) is 0 Å². The van der Waals surface area contributed by atoms with Gasteiger partial charge >= 0.3 is 11.9 Å². The zero-order valence-electron chi connectivity index (χ0n) is 19.5. The zero-order valence-corrected chi connectivity index (χ0v) is 22.8. The van der Waals surface area contributed by atoms with Crippen molar-refractivity contribution in [3.8, 4) is 19.5 Å². The minimum atomic E-state index is -1.02. The van der Waals surface area contributed by atoms with Crippen molar-refractivity contribution in [1.82, 2.24) is 0 Å². The van der Waals surface area contributed by atoms with Crippen LogP contribution in [0.2, 0.25) is 0 Å². The fourth-order valence-corrected chi connectivity index (χ4v) is 9.96. The number of carboxylic acid groups (broad SMARTS) is 2. The molecule has 4 heterocycles. The molecule has 2 N–H and O–H groups in total. The van der Waals surface area contributed by atoms with E-state index in [1.54, 1.807) is 45.3 Å².